The minimum absolute atomic E-state index is 0.209. The van der Waals surface area contributed by atoms with Crippen molar-refractivity contribution in [2.45, 2.75) is 39.3 Å². The topological polar surface area (TPSA) is 29.5 Å². The molecule has 1 fully saturated rings. The number of aldehydes is 1. The van der Waals surface area contributed by atoms with E-state index in [4.69, 9.17) is 4.74 Å². The second-order valence-corrected chi connectivity index (χ2v) is 6.70. The highest BCUT2D eigenvalue weighted by Crippen LogP contribution is 2.30. The Balaban J connectivity index is 2.04. The summed E-state index contributed by atoms with van der Waals surface area (Å²) in [5.74, 6) is 0. The second kappa shape index (κ2) is 6.64. The molecule has 0 unspecified atom stereocenters. The lowest BCUT2D eigenvalue weighted by atomic mass is 9.81. The molecule has 1 aliphatic rings. The van der Waals surface area contributed by atoms with Gasteiger partial charge in [-0.1, -0.05) is 6.07 Å². The van der Waals surface area contributed by atoms with E-state index in [-0.39, 0.29) is 5.41 Å². The highest BCUT2D eigenvalue weighted by molar-refractivity contribution is 7.09. The molecular weight excluding hydrogens is 258 g/mol. The van der Waals surface area contributed by atoms with Gasteiger partial charge in [0.15, 0.2) is 0 Å². The summed E-state index contributed by atoms with van der Waals surface area (Å²) in [4.78, 5) is 15.3. The fourth-order valence-electron chi connectivity index (χ4n) is 2.52. The van der Waals surface area contributed by atoms with Crippen LogP contribution in [0.5, 0.6) is 0 Å². The van der Waals surface area contributed by atoms with Gasteiger partial charge in [0.2, 0.25) is 0 Å². The van der Waals surface area contributed by atoms with Crippen LogP contribution in [0.1, 0.15) is 31.6 Å². The van der Waals surface area contributed by atoms with Crippen LogP contribution in [-0.4, -0.2) is 37.0 Å². The highest BCUT2D eigenvalue weighted by Gasteiger charge is 2.34. The zero-order chi connectivity index (χ0) is 13.7. The summed E-state index contributed by atoms with van der Waals surface area (Å²) in [6.07, 6.45) is 2.87. The van der Waals surface area contributed by atoms with Crippen LogP contribution in [0.4, 0.5) is 0 Å². The van der Waals surface area contributed by atoms with Gasteiger partial charge in [-0.05, 0) is 38.1 Å². The molecule has 0 radical (unpaired) electrons. The summed E-state index contributed by atoms with van der Waals surface area (Å²) in [6.45, 7) is 7.60. The first-order valence-electron chi connectivity index (χ1n) is 6.96. The van der Waals surface area contributed by atoms with Gasteiger partial charge in [-0.2, -0.15) is 0 Å². The number of hydrogen-bond acceptors (Lipinski definition) is 4. The molecule has 3 nitrogen and oxygen atoms in total. The molecule has 2 heterocycles. The Kier molecular flexibility index (Phi) is 5.13. The van der Waals surface area contributed by atoms with Gasteiger partial charge in [-0.15, -0.1) is 11.3 Å². The van der Waals surface area contributed by atoms with Crippen molar-refractivity contribution in [1.82, 2.24) is 4.90 Å². The normalized spacial score (nSPS) is 18.9. The molecule has 0 bridgehead atoms. The van der Waals surface area contributed by atoms with E-state index in [0.717, 1.165) is 25.9 Å². The Morgan fingerprint density at radius 2 is 2.21 bits per heavy atom. The van der Waals surface area contributed by atoms with Gasteiger partial charge >= 0.3 is 0 Å². The van der Waals surface area contributed by atoms with Crippen molar-refractivity contribution < 1.29 is 9.53 Å². The molecule has 1 aromatic heterocycles. The molecule has 0 atom stereocenters. The Morgan fingerprint density at radius 1 is 1.47 bits per heavy atom. The molecule has 1 saturated heterocycles. The van der Waals surface area contributed by atoms with Crippen LogP contribution in [0.15, 0.2) is 17.5 Å². The Morgan fingerprint density at radius 3 is 2.74 bits per heavy atom. The maximum Gasteiger partial charge on any atom is 0.127 e. The Bertz CT molecular complexity index is 383. The standard InChI is InChI=1S/C15H23NO2S/c1-13(2)16(10-14-4-3-9-19-14)11-15(12-17)5-7-18-8-6-15/h3-4,9,12-13H,5-8,10-11H2,1-2H3. The molecule has 1 aliphatic heterocycles. The van der Waals surface area contributed by atoms with E-state index in [2.05, 4.69) is 36.3 Å². The van der Waals surface area contributed by atoms with Crippen LogP contribution in [0, 0.1) is 5.41 Å². The van der Waals surface area contributed by atoms with E-state index in [0.29, 0.717) is 19.3 Å². The van der Waals surface area contributed by atoms with E-state index in [1.165, 1.54) is 11.2 Å². The van der Waals surface area contributed by atoms with Crippen LogP contribution < -0.4 is 0 Å². The summed E-state index contributed by atoms with van der Waals surface area (Å²) >= 11 is 1.78. The predicted octanol–water partition coefficient (Wildman–Crippen LogP) is 2.95. The van der Waals surface area contributed by atoms with Gasteiger partial charge in [-0.3, -0.25) is 4.90 Å². The number of hydrogen-bond donors (Lipinski definition) is 0. The van der Waals surface area contributed by atoms with Crippen molar-refractivity contribution in [3.8, 4) is 0 Å². The van der Waals surface area contributed by atoms with Gasteiger partial charge < -0.3 is 9.53 Å². The smallest absolute Gasteiger partial charge is 0.127 e. The fourth-order valence-corrected chi connectivity index (χ4v) is 3.25. The summed E-state index contributed by atoms with van der Waals surface area (Å²) in [6, 6.07) is 4.70. The third kappa shape index (κ3) is 3.88. The monoisotopic (exact) mass is 281 g/mol. The molecule has 2 rings (SSSR count). The van der Waals surface area contributed by atoms with Gasteiger partial charge in [-0.25, -0.2) is 0 Å². The SMILES string of the molecule is CC(C)N(Cc1cccs1)CC1(C=O)CCOCC1. The molecule has 4 heteroatoms. The van der Waals surface area contributed by atoms with Gasteiger partial charge in [0.25, 0.3) is 0 Å². The van der Waals surface area contributed by atoms with Crippen LogP contribution in [0.25, 0.3) is 0 Å². The number of carbonyl (C=O) groups is 1. The third-order valence-corrected chi connectivity index (χ3v) is 4.79. The lowest BCUT2D eigenvalue weighted by molar-refractivity contribution is -0.123. The van der Waals surface area contributed by atoms with Crippen LogP contribution in [-0.2, 0) is 16.1 Å². The van der Waals surface area contributed by atoms with E-state index < -0.39 is 0 Å². The van der Waals surface area contributed by atoms with Crippen molar-refractivity contribution >= 4 is 17.6 Å². The lowest BCUT2D eigenvalue weighted by Crippen LogP contribution is -2.44. The van der Waals surface area contributed by atoms with Crippen molar-refractivity contribution in [3.05, 3.63) is 22.4 Å². The van der Waals surface area contributed by atoms with Gasteiger partial charge in [0.05, 0.1) is 0 Å². The number of thiophene rings is 1. The van der Waals surface area contributed by atoms with Crippen LogP contribution in [0.3, 0.4) is 0 Å². The molecular formula is C15H23NO2S. The Labute approximate surface area is 119 Å². The summed E-state index contributed by atoms with van der Waals surface area (Å²) < 4.78 is 5.40. The molecule has 0 aliphatic carbocycles. The van der Waals surface area contributed by atoms with Gasteiger partial charge in [0.1, 0.15) is 6.29 Å². The first-order chi connectivity index (χ1) is 9.15. The average molecular weight is 281 g/mol. The minimum atomic E-state index is -0.209. The molecule has 19 heavy (non-hydrogen) atoms. The van der Waals surface area contributed by atoms with Crippen molar-refractivity contribution in [1.29, 1.82) is 0 Å². The number of rotatable bonds is 6. The third-order valence-electron chi connectivity index (χ3n) is 3.93. The molecule has 0 saturated carbocycles. The first-order valence-corrected chi connectivity index (χ1v) is 7.84. The molecule has 1 aromatic rings. The van der Waals surface area contributed by atoms with Crippen molar-refractivity contribution in [3.63, 3.8) is 0 Å². The Hall–Kier alpha value is -0.710. The number of nitrogens with zero attached hydrogens (tertiary/aromatic N) is 1. The molecule has 106 valence electrons. The number of carbonyl (C=O) groups excluding carboxylic acids is 1. The second-order valence-electron chi connectivity index (χ2n) is 5.67. The summed E-state index contributed by atoms with van der Waals surface area (Å²) in [7, 11) is 0. The zero-order valence-electron chi connectivity index (χ0n) is 11.8. The largest absolute Gasteiger partial charge is 0.381 e. The van der Waals surface area contributed by atoms with Crippen LogP contribution >= 0.6 is 11.3 Å². The fraction of sp³-hybridized carbons (Fsp3) is 0.667. The van der Waals surface area contributed by atoms with E-state index in [1.54, 1.807) is 11.3 Å². The van der Waals surface area contributed by atoms with Crippen molar-refractivity contribution in [2.24, 2.45) is 5.41 Å². The zero-order valence-corrected chi connectivity index (χ0v) is 12.6. The van der Waals surface area contributed by atoms with E-state index >= 15 is 0 Å². The molecule has 0 amide bonds. The quantitative estimate of drug-likeness (QED) is 0.751. The maximum absolute atomic E-state index is 11.6. The first kappa shape index (κ1) is 14.7. The van der Waals surface area contributed by atoms with Gasteiger partial charge in [0, 0.05) is 42.6 Å². The summed E-state index contributed by atoms with van der Waals surface area (Å²) in [5, 5.41) is 2.11. The average Bonchev–Trinajstić information content (AvgIpc) is 2.92. The summed E-state index contributed by atoms with van der Waals surface area (Å²) in [5.41, 5.74) is -0.209. The molecule has 0 spiro atoms. The molecule has 0 N–H and O–H groups in total. The van der Waals surface area contributed by atoms with E-state index in [9.17, 15) is 4.79 Å². The highest BCUT2D eigenvalue weighted by atomic mass is 32.1. The maximum atomic E-state index is 11.6. The predicted molar refractivity (Wildman–Crippen MR) is 78.4 cm³/mol. The molecule has 0 aromatic carbocycles. The van der Waals surface area contributed by atoms with Crippen molar-refractivity contribution in [2.75, 3.05) is 19.8 Å². The van der Waals surface area contributed by atoms with Crippen LogP contribution in [0.2, 0.25) is 0 Å². The lowest BCUT2D eigenvalue weighted by Gasteiger charge is -2.38. The minimum Gasteiger partial charge on any atom is -0.381 e. The van der Waals surface area contributed by atoms with E-state index in [1.807, 2.05) is 0 Å². The number of ether oxygens (including phenoxy) is 1.